The standard InChI is InChI=1S/C20H22N4S/c1-4-21-20(25)23-22-13-18-11-14(2)24(15(18)3)19-10-9-16-7-5-6-8-17(16)12-19/h5-13H,4H2,1-3H3,(H2,21,23,25)/b22-13-. The Kier molecular flexibility index (Phi) is 5.14. The van der Waals surface area contributed by atoms with Crippen molar-refractivity contribution in [1.82, 2.24) is 15.3 Å². The van der Waals surface area contributed by atoms with Crippen LogP contribution in [-0.4, -0.2) is 22.4 Å². The van der Waals surface area contributed by atoms with Crippen LogP contribution in [0, 0.1) is 13.8 Å². The quantitative estimate of drug-likeness (QED) is 0.423. The van der Waals surface area contributed by atoms with Crippen molar-refractivity contribution in [2.45, 2.75) is 20.8 Å². The van der Waals surface area contributed by atoms with E-state index in [2.05, 4.69) is 82.8 Å². The minimum Gasteiger partial charge on any atom is -0.362 e. The molecule has 0 amide bonds. The number of benzene rings is 2. The summed E-state index contributed by atoms with van der Waals surface area (Å²) in [5, 5.41) is 10.2. The molecule has 1 aromatic heterocycles. The summed E-state index contributed by atoms with van der Waals surface area (Å²) < 4.78 is 2.25. The zero-order valence-electron chi connectivity index (χ0n) is 14.7. The van der Waals surface area contributed by atoms with Gasteiger partial charge in [0.15, 0.2) is 5.11 Å². The highest BCUT2D eigenvalue weighted by atomic mass is 32.1. The first-order valence-corrected chi connectivity index (χ1v) is 8.76. The highest BCUT2D eigenvalue weighted by Crippen LogP contribution is 2.23. The fourth-order valence-electron chi connectivity index (χ4n) is 2.99. The van der Waals surface area contributed by atoms with Gasteiger partial charge in [0.2, 0.25) is 0 Å². The molecule has 0 spiro atoms. The van der Waals surface area contributed by atoms with Crippen LogP contribution in [0.3, 0.4) is 0 Å². The van der Waals surface area contributed by atoms with Crippen molar-refractivity contribution < 1.29 is 0 Å². The van der Waals surface area contributed by atoms with E-state index in [1.165, 1.54) is 16.5 Å². The maximum Gasteiger partial charge on any atom is 0.186 e. The summed E-state index contributed by atoms with van der Waals surface area (Å²) in [6.45, 7) is 6.98. The first-order chi connectivity index (χ1) is 12.1. The molecule has 1 heterocycles. The van der Waals surface area contributed by atoms with Gasteiger partial charge in [-0.25, -0.2) is 0 Å². The maximum atomic E-state index is 5.11. The fourth-order valence-corrected chi connectivity index (χ4v) is 3.19. The van der Waals surface area contributed by atoms with Gasteiger partial charge in [0.05, 0.1) is 6.21 Å². The van der Waals surface area contributed by atoms with Gasteiger partial charge in [-0.3, -0.25) is 5.43 Å². The van der Waals surface area contributed by atoms with Crippen LogP contribution in [0.25, 0.3) is 16.5 Å². The Hall–Kier alpha value is -2.66. The first kappa shape index (κ1) is 17.2. The average molecular weight is 350 g/mol. The van der Waals surface area contributed by atoms with E-state index in [4.69, 9.17) is 12.2 Å². The fraction of sp³-hybridized carbons (Fsp3) is 0.200. The number of aryl methyl sites for hydroxylation is 1. The van der Waals surface area contributed by atoms with E-state index >= 15 is 0 Å². The van der Waals surface area contributed by atoms with E-state index in [9.17, 15) is 0 Å². The Morgan fingerprint density at radius 3 is 2.64 bits per heavy atom. The number of nitrogens with one attached hydrogen (secondary N) is 2. The lowest BCUT2D eigenvalue weighted by atomic mass is 10.1. The van der Waals surface area contributed by atoms with E-state index in [0.717, 1.165) is 23.5 Å². The second kappa shape index (κ2) is 7.49. The minimum atomic E-state index is 0.530. The monoisotopic (exact) mass is 350 g/mol. The Labute approximate surface area is 153 Å². The molecule has 4 nitrogen and oxygen atoms in total. The number of thiocarbonyl (C=S) groups is 1. The Morgan fingerprint density at radius 2 is 1.88 bits per heavy atom. The summed E-state index contributed by atoms with van der Waals surface area (Å²) in [4.78, 5) is 0. The lowest BCUT2D eigenvalue weighted by Crippen LogP contribution is -2.31. The Bertz CT molecular complexity index is 940. The van der Waals surface area contributed by atoms with Crippen molar-refractivity contribution in [2.75, 3.05) is 6.54 Å². The molecule has 128 valence electrons. The zero-order chi connectivity index (χ0) is 17.8. The van der Waals surface area contributed by atoms with E-state index < -0.39 is 0 Å². The van der Waals surface area contributed by atoms with Crippen molar-refractivity contribution in [3.63, 3.8) is 0 Å². The topological polar surface area (TPSA) is 41.4 Å². The zero-order valence-corrected chi connectivity index (χ0v) is 15.5. The lowest BCUT2D eigenvalue weighted by Gasteiger charge is -2.11. The van der Waals surface area contributed by atoms with Gasteiger partial charge in [-0.15, -0.1) is 0 Å². The van der Waals surface area contributed by atoms with Crippen molar-refractivity contribution in [1.29, 1.82) is 0 Å². The molecular formula is C20H22N4S. The van der Waals surface area contributed by atoms with Gasteiger partial charge < -0.3 is 9.88 Å². The molecule has 2 N–H and O–H groups in total. The van der Waals surface area contributed by atoms with E-state index in [1.807, 2.05) is 13.1 Å². The third kappa shape index (κ3) is 3.72. The second-order valence-corrected chi connectivity index (χ2v) is 6.33. The summed E-state index contributed by atoms with van der Waals surface area (Å²) in [7, 11) is 0. The largest absolute Gasteiger partial charge is 0.362 e. The number of fused-ring (bicyclic) bond motifs is 1. The SMILES string of the molecule is CCNC(=S)N/N=C\c1cc(C)n(-c2ccc3ccccc3c2)c1C. The predicted octanol–water partition coefficient (Wildman–Crippen LogP) is 4.07. The third-order valence-corrected chi connectivity index (χ3v) is 4.40. The summed E-state index contributed by atoms with van der Waals surface area (Å²) in [6.07, 6.45) is 1.81. The molecule has 0 bridgehead atoms. The van der Waals surface area contributed by atoms with Gasteiger partial charge >= 0.3 is 0 Å². The van der Waals surface area contributed by atoms with Crippen LogP contribution in [0.5, 0.6) is 0 Å². The van der Waals surface area contributed by atoms with Gasteiger partial charge in [-0.05, 0) is 62.0 Å². The summed E-state index contributed by atoms with van der Waals surface area (Å²) in [5.74, 6) is 0. The van der Waals surface area contributed by atoms with Crippen LogP contribution >= 0.6 is 12.2 Å². The highest BCUT2D eigenvalue weighted by Gasteiger charge is 2.10. The minimum absolute atomic E-state index is 0.530. The van der Waals surface area contributed by atoms with Gasteiger partial charge in [-0.2, -0.15) is 5.10 Å². The normalized spacial score (nSPS) is 11.2. The molecule has 0 saturated heterocycles. The molecule has 0 aliphatic heterocycles. The van der Waals surface area contributed by atoms with Gasteiger partial charge in [-0.1, -0.05) is 30.3 Å². The molecule has 0 aliphatic rings. The molecule has 0 atom stereocenters. The van der Waals surface area contributed by atoms with Crippen LogP contribution in [-0.2, 0) is 0 Å². The van der Waals surface area contributed by atoms with Gasteiger partial charge in [0, 0.05) is 29.2 Å². The van der Waals surface area contributed by atoms with Crippen molar-refractivity contribution in [2.24, 2.45) is 5.10 Å². The first-order valence-electron chi connectivity index (χ1n) is 8.35. The van der Waals surface area contributed by atoms with Crippen LogP contribution in [0.1, 0.15) is 23.9 Å². The molecule has 3 rings (SSSR count). The smallest absolute Gasteiger partial charge is 0.186 e. The van der Waals surface area contributed by atoms with Crippen LogP contribution in [0.4, 0.5) is 0 Å². The van der Waals surface area contributed by atoms with Crippen LogP contribution in [0.15, 0.2) is 53.6 Å². The molecule has 3 aromatic rings. The number of nitrogens with zero attached hydrogens (tertiary/aromatic N) is 2. The molecule has 0 fully saturated rings. The highest BCUT2D eigenvalue weighted by molar-refractivity contribution is 7.80. The molecule has 25 heavy (non-hydrogen) atoms. The Balaban J connectivity index is 1.90. The molecule has 0 unspecified atom stereocenters. The van der Waals surface area contributed by atoms with Gasteiger partial charge in [0.1, 0.15) is 0 Å². The van der Waals surface area contributed by atoms with Crippen LogP contribution < -0.4 is 10.7 Å². The van der Waals surface area contributed by atoms with E-state index in [-0.39, 0.29) is 0 Å². The average Bonchev–Trinajstić information content (AvgIpc) is 2.88. The molecule has 2 aromatic carbocycles. The number of hydrazone groups is 1. The summed E-state index contributed by atoms with van der Waals surface area (Å²) in [5.41, 5.74) is 7.37. The van der Waals surface area contributed by atoms with E-state index in [0.29, 0.717) is 5.11 Å². The molecular weight excluding hydrogens is 328 g/mol. The number of rotatable bonds is 4. The lowest BCUT2D eigenvalue weighted by molar-refractivity contribution is 0.903. The number of hydrogen-bond acceptors (Lipinski definition) is 2. The number of aromatic nitrogens is 1. The molecule has 0 saturated carbocycles. The second-order valence-electron chi connectivity index (χ2n) is 5.92. The number of hydrogen-bond donors (Lipinski definition) is 2. The Morgan fingerprint density at radius 1 is 1.12 bits per heavy atom. The van der Waals surface area contributed by atoms with Crippen molar-refractivity contribution in [3.05, 3.63) is 65.5 Å². The van der Waals surface area contributed by atoms with Crippen molar-refractivity contribution >= 4 is 34.3 Å². The van der Waals surface area contributed by atoms with Crippen molar-refractivity contribution in [3.8, 4) is 5.69 Å². The third-order valence-electron chi connectivity index (χ3n) is 4.17. The predicted molar refractivity (Wildman–Crippen MR) is 110 cm³/mol. The summed E-state index contributed by atoms with van der Waals surface area (Å²) >= 11 is 5.11. The molecule has 0 radical (unpaired) electrons. The maximum absolute atomic E-state index is 5.11. The van der Waals surface area contributed by atoms with Gasteiger partial charge in [0.25, 0.3) is 0 Å². The summed E-state index contributed by atoms with van der Waals surface area (Å²) in [6, 6.07) is 17.1. The molecule has 0 aliphatic carbocycles. The van der Waals surface area contributed by atoms with Crippen LogP contribution in [0.2, 0.25) is 0 Å². The van der Waals surface area contributed by atoms with E-state index in [1.54, 1.807) is 0 Å². The molecule has 5 heteroatoms.